The molecule has 5 nitrogen and oxygen atoms in total. The number of carbonyl (C=O) groups excluding carboxylic acids is 1. The van der Waals surface area contributed by atoms with E-state index in [9.17, 15) is 4.79 Å². The summed E-state index contributed by atoms with van der Waals surface area (Å²) in [5.41, 5.74) is 7.65. The highest BCUT2D eigenvalue weighted by Gasteiger charge is 2.45. The number of hydrogen-bond acceptors (Lipinski definition) is 4. The molecule has 2 aromatic rings. The Labute approximate surface area is 148 Å². The highest BCUT2D eigenvalue weighted by molar-refractivity contribution is 5.88. The minimum absolute atomic E-state index is 0.0357. The Hall–Kier alpha value is -1.85. The third-order valence-corrected chi connectivity index (χ3v) is 5.61. The topological polar surface area (TPSA) is 71.5 Å². The Morgan fingerprint density at radius 1 is 1.36 bits per heavy atom. The molecule has 4 rings (SSSR count). The molecular weight excluding hydrogens is 314 g/mol. The maximum atomic E-state index is 11.9. The molecule has 1 saturated heterocycles. The average molecular weight is 341 g/mol. The van der Waals surface area contributed by atoms with Gasteiger partial charge in [0.15, 0.2) is 0 Å². The van der Waals surface area contributed by atoms with Crippen LogP contribution in [0, 0.1) is 5.92 Å². The third kappa shape index (κ3) is 3.88. The van der Waals surface area contributed by atoms with Crippen molar-refractivity contribution < 1.29 is 9.21 Å². The van der Waals surface area contributed by atoms with E-state index in [0.717, 1.165) is 51.0 Å². The highest BCUT2D eigenvalue weighted by Crippen LogP contribution is 2.32. The first-order chi connectivity index (χ1) is 12.1. The van der Waals surface area contributed by atoms with Crippen LogP contribution in [0.5, 0.6) is 0 Å². The minimum Gasteiger partial charge on any atom is -0.464 e. The van der Waals surface area contributed by atoms with E-state index >= 15 is 0 Å². The van der Waals surface area contributed by atoms with E-state index in [1.807, 2.05) is 6.07 Å². The SMILES string of the molecule is NC1(C(=O)NCC[C@@H]2CCCN(Cc3ccc4occc4c3)C2)CC1. The monoisotopic (exact) mass is 341 g/mol. The largest absolute Gasteiger partial charge is 0.464 e. The number of furan rings is 1. The van der Waals surface area contributed by atoms with Gasteiger partial charge in [-0.25, -0.2) is 0 Å². The number of piperidine rings is 1. The smallest absolute Gasteiger partial charge is 0.240 e. The van der Waals surface area contributed by atoms with Crippen molar-refractivity contribution in [2.24, 2.45) is 11.7 Å². The molecule has 1 amide bonds. The first kappa shape index (κ1) is 16.6. The first-order valence-corrected chi connectivity index (χ1v) is 9.38. The van der Waals surface area contributed by atoms with E-state index in [0.29, 0.717) is 5.92 Å². The standard InChI is InChI=1S/C20H27N3O2/c21-20(7-8-20)19(24)22-9-5-15-2-1-10-23(13-15)14-16-3-4-18-17(12-16)6-11-25-18/h3-4,6,11-12,15H,1-2,5,7-10,13-14,21H2,(H,22,24)/t15-/m0/s1. The van der Waals surface area contributed by atoms with Gasteiger partial charge in [0, 0.05) is 25.0 Å². The number of fused-ring (bicyclic) bond motifs is 1. The van der Waals surface area contributed by atoms with Gasteiger partial charge in [-0.3, -0.25) is 9.69 Å². The van der Waals surface area contributed by atoms with Gasteiger partial charge in [-0.2, -0.15) is 0 Å². The van der Waals surface area contributed by atoms with E-state index < -0.39 is 5.54 Å². The fourth-order valence-electron chi connectivity index (χ4n) is 3.83. The Morgan fingerprint density at radius 2 is 2.24 bits per heavy atom. The van der Waals surface area contributed by atoms with Crippen LogP contribution in [0.15, 0.2) is 34.9 Å². The molecule has 2 fully saturated rings. The van der Waals surface area contributed by atoms with Gasteiger partial charge in [0.05, 0.1) is 11.8 Å². The van der Waals surface area contributed by atoms with E-state index in [1.54, 1.807) is 6.26 Å². The van der Waals surface area contributed by atoms with Crippen LogP contribution in [-0.4, -0.2) is 36.0 Å². The summed E-state index contributed by atoms with van der Waals surface area (Å²) in [6.45, 7) is 3.98. The van der Waals surface area contributed by atoms with Crippen LogP contribution >= 0.6 is 0 Å². The summed E-state index contributed by atoms with van der Waals surface area (Å²) >= 11 is 0. The summed E-state index contributed by atoms with van der Waals surface area (Å²) in [5.74, 6) is 0.688. The maximum absolute atomic E-state index is 11.9. The van der Waals surface area contributed by atoms with Crippen LogP contribution < -0.4 is 11.1 Å². The molecule has 1 atom stereocenters. The molecule has 134 valence electrons. The maximum Gasteiger partial charge on any atom is 0.240 e. The highest BCUT2D eigenvalue weighted by atomic mass is 16.3. The number of carbonyl (C=O) groups is 1. The zero-order chi connectivity index (χ0) is 17.3. The number of nitrogens with two attached hydrogens (primary N) is 1. The number of likely N-dealkylation sites (tertiary alicyclic amines) is 1. The number of hydrogen-bond donors (Lipinski definition) is 2. The van der Waals surface area contributed by atoms with Crippen molar-refractivity contribution in [2.45, 2.75) is 44.2 Å². The van der Waals surface area contributed by atoms with Crippen molar-refractivity contribution in [2.75, 3.05) is 19.6 Å². The van der Waals surface area contributed by atoms with Gasteiger partial charge in [-0.05, 0) is 68.3 Å². The Bertz CT molecular complexity index is 750. The fourth-order valence-corrected chi connectivity index (χ4v) is 3.83. The molecule has 1 aromatic heterocycles. The predicted molar refractivity (Wildman–Crippen MR) is 98.0 cm³/mol. The van der Waals surface area contributed by atoms with Crippen LogP contribution in [-0.2, 0) is 11.3 Å². The number of benzene rings is 1. The number of rotatable bonds is 6. The lowest BCUT2D eigenvalue weighted by molar-refractivity contribution is -0.123. The van der Waals surface area contributed by atoms with Gasteiger partial charge >= 0.3 is 0 Å². The van der Waals surface area contributed by atoms with Crippen molar-refractivity contribution in [1.82, 2.24) is 10.2 Å². The molecule has 1 aromatic carbocycles. The van der Waals surface area contributed by atoms with E-state index in [2.05, 4.69) is 28.4 Å². The molecule has 1 aliphatic heterocycles. The van der Waals surface area contributed by atoms with Crippen LogP contribution in [0.2, 0.25) is 0 Å². The van der Waals surface area contributed by atoms with Crippen molar-refractivity contribution >= 4 is 16.9 Å². The molecule has 0 spiro atoms. The summed E-state index contributed by atoms with van der Waals surface area (Å²) in [7, 11) is 0. The van der Waals surface area contributed by atoms with Crippen molar-refractivity contribution in [3.8, 4) is 0 Å². The average Bonchev–Trinajstić information content (AvgIpc) is 3.19. The number of nitrogens with one attached hydrogen (secondary N) is 1. The minimum atomic E-state index is -0.551. The molecular formula is C20H27N3O2. The molecule has 25 heavy (non-hydrogen) atoms. The number of nitrogens with zero attached hydrogens (tertiary/aromatic N) is 1. The lowest BCUT2D eigenvalue weighted by Gasteiger charge is -2.33. The second-order valence-electron chi connectivity index (χ2n) is 7.74. The van der Waals surface area contributed by atoms with Gasteiger partial charge in [0.2, 0.25) is 5.91 Å². The van der Waals surface area contributed by atoms with E-state index in [1.165, 1.54) is 23.8 Å². The van der Waals surface area contributed by atoms with Crippen LogP contribution in [0.3, 0.4) is 0 Å². The van der Waals surface area contributed by atoms with Gasteiger partial charge in [-0.1, -0.05) is 6.07 Å². The fraction of sp³-hybridized carbons (Fsp3) is 0.550. The van der Waals surface area contributed by atoms with Crippen molar-refractivity contribution in [1.29, 1.82) is 0 Å². The molecule has 3 N–H and O–H groups in total. The zero-order valence-corrected chi connectivity index (χ0v) is 14.7. The predicted octanol–water partition coefficient (Wildman–Crippen LogP) is 2.64. The molecule has 5 heteroatoms. The zero-order valence-electron chi connectivity index (χ0n) is 14.7. The second kappa shape index (κ2) is 6.81. The Balaban J connectivity index is 1.26. The molecule has 1 saturated carbocycles. The van der Waals surface area contributed by atoms with Gasteiger partial charge in [0.25, 0.3) is 0 Å². The summed E-state index contributed by atoms with van der Waals surface area (Å²) in [6, 6.07) is 8.46. The van der Waals surface area contributed by atoms with Gasteiger partial charge in [0.1, 0.15) is 5.58 Å². The van der Waals surface area contributed by atoms with E-state index in [-0.39, 0.29) is 5.91 Å². The summed E-state index contributed by atoms with van der Waals surface area (Å²) < 4.78 is 5.41. The van der Waals surface area contributed by atoms with Crippen molar-refractivity contribution in [3.63, 3.8) is 0 Å². The lowest BCUT2D eigenvalue weighted by Crippen LogP contribution is -2.44. The van der Waals surface area contributed by atoms with E-state index in [4.69, 9.17) is 10.2 Å². The van der Waals surface area contributed by atoms with Gasteiger partial charge < -0.3 is 15.5 Å². The van der Waals surface area contributed by atoms with Gasteiger partial charge in [-0.15, -0.1) is 0 Å². The molecule has 2 heterocycles. The Kier molecular flexibility index (Phi) is 4.52. The molecule has 0 bridgehead atoms. The number of amides is 1. The normalized spacial score (nSPS) is 22.8. The quantitative estimate of drug-likeness (QED) is 0.847. The molecule has 0 radical (unpaired) electrons. The first-order valence-electron chi connectivity index (χ1n) is 9.38. The van der Waals surface area contributed by atoms with Crippen LogP contribution in [0.4, 0.5) is 0 Å². The van der Waals surface area contributed by atoms with Crippen LogP contribution in [0.1, 0.15) is 37.7 Å². The van der Waals surface area contributed by atoms with Crippen LogP contribution in [0.25, 0.3) is 11.0 Å². The van der Waals surface area contributed by atoms with Crippen molar-refractivity contribution in [3.05, 3.63) is 36.1 Å². The molecule has 0 unspecified atom stereocenters. The molecule has 1 aliphatic carbocycles. The third-order valence-electron chi connectivity index (χ3n) is 5.61. The summed E-state index contributed by atoms with van der Waals surface area (Å²) in [5, 5.41) is 4.19. The Morgan fingerprint density at radius 3 is 3.08 bits per heavy atom. The summed E-state index contributed by atoms with van der Waals surface area (Å²) in [6.07, 6.45) is 6.92. The molecule has 2 aliphatic rings. The lowest BCUT2D eigenvalue weighted by atomic mass is 9.94. The summed E-state index contributed by atoms with van der Waals surface area (Å²) in [4.78, 5) is 14.4. The second-order valence-corrected chi connectivity index (χ2v) is 7.74.